The second-order valence-electron chi connectivity index (χ2n) is 13.9. The molecule has 0 saturated carbocycles. The van der Waals surface area contributed by atoms with E-state index in [1.54, 1.807) is 0 Å². The van der Waals surface area contributed by atoms with E-state index in [1.807, 2.05) is 0 Å². The van der Waals surface area contributed by atoms with Crippen LogP contribution in [0.4, 0.5) is 0 Å². The average Bonchev–Trinajstić information content (AvgIpc) is 3.10. The Morgan fingerprint density at radius 2 is 0.735 bits per heavy atom. The van der Waals surface area contributed by atoms with Gasteiger partial charge in [0, 0.05) is 19.3 Å². The van der Waals surface area contributed by atoms with Gasteiger partial charge in [0.25, 0.3) is 0 Å². The Balaban J connectivity index is 4.21. The molecule has 0 aliphatic rings. The van der Waals surface area contributed by atoms with Crippen molar-refractivity contribution in [1.82, 2.24) is 0 Å². The zero-order valence-corrected chi connectivity index (χ0v) is 32.5. The molecular formula is C43H78O6. The molecular weight excluding hydrogens is 612 g/mol. The van der Waals surface area contributed by atoms with Crippen molar-refractivity contribution in [3.8, 4) is 0 Å². The zero-order valence-electron chi connectivity index (χ0n) is 32.5. The molecule has 6 nitrogen and oxygen atoms in total. The largest absolute Gasteiger partial charge is 0.462 e. The van der Waals surface area contributed by atoms with Crippen LogP contribution < -0.4 is 0 Å². The average molecular weight is 691 g/mol. The number of allylic oxidation sites excluding steroid dienone is 4. The van der Waals surface area contributed by atoms with Crippen LogP contribution in [0.1, 0.15) is 213 Å². The summed E-state index contributed by atoms with van der Waals surface area (Å²) >= 11 is 0. The maximum atomic E-state index is 12.5. The van der Waals surface area contributed by atoms with Crippen LogP contribution in [0.25, 0.3) is 0 Å². The maximum Gasteiger partial charge on any atom is 0.306 e. The highest BCUT2D eigenvalue weighted by Crippen LogP contribution is 2.13. The zero-order chi connectivity index (χ0) is 35.9. The van der Waals surface area contributed by atoms with Gasteiger partial charge in [0.2, 0.25) is 0 Å². The molecule has 0 bridgehead atoms. The fourth-order valence-corrected chi connectivity index (χ4v) is 5.76. The fraction of sp³-hybridized carbons (Fsp3) is 0.837. The number of esters is 3. The number of hydrogen-bond acceptors (Lipinski definition) is 6. The highest BCUT2D eigenvalue weighted by Gasteiger charge is 2.19. The van der Waals surface area contributed by atoms with Crippen LogP contribution in [0.2, 0.25) is 0 Å². The number of hydrogen-bond donors (Lipinski definition) is 0. The summed E-state index contributed by atoms with van der Waals surface area (Å²) in [4.78, 5) is 37.3. The van der Waals surface area contributed by atoms with Crippen molar-refractivity contribution in [2.75, 3.05) is 13.2 Å². The minimum atomic E-state index is -0.763. The topological polar surface area (TPSA) is 78.9 Å². The molecule has 0 radical (unpaired) electrons. The first-order chi connectivity index (χ1) is 24.0. The van der Waals surface area contributed by atoms with Gasteiger partial charge in [-0.15, -0.1) is 0 Å². The minimum absolute atomic E-state index is 0.0721. The Bertz CT molecular complexity index is 804. The summed E-state index contributed by atoms with van der Waals surface area (Å²) in [6.07, 6.45) is 40.4. The molecule has 0 spiro atoms. The summed E-state index contributed by atoms with van der Waals surface area (Å²) in [5.74, 6) is -0.894. The highest BCUT2D eigenvalue weighted by atomic mass is 16.6. The predicted octanol–water partition coefficient (Wildman–Crippen LogP) is 12.9. The molecule has 1 atom stereocenters. The minimum Gasteiger partial charge on any atom is -0.462 e. The molecule has 0 fully saturated rings. The molecule has 0 heterocycles. The van der Waals surface area contributed by atoms with Crippen LogP contribution in [-0.4, -0.2) is 37.2 Å². The van der Waals surface area contributed by atoms with Crippen molar-refractivity contribution in [2.24, 2.45) is 0 Å². The van der Waals surface area contributed by atoms with Crippen molar-refractivity contribution < 1.29 is 28.6 Å². The number of carbonyl (C=O) groups excluding carboxylic acids is 3. The molecule has 0 rings (SSSR count). The molecule has 0 amide bonds. The first-order valence-electron chi connectivity index (χ1n) is 20.8. The van der Waals surface area contributed by atoms with Gasteiger partial charge in [0.15, 0.2) is 6.10 Å². The predicted molar refractivity (Wildman–Crippen MR) is 206 cm³/mol. The second-order valence-corrected chi connectivity index (χ2v) is 13.9. The third-order valence-corrected chi connectivity index (χ3v) is 8.96. The van der Waals surface area contributed by atoms with E-state index in [1.165, 1.54) is 103 Å². The summed E-state index contributed by atoms with van der Waals surface area (Å²) in [5.41, 5.74) is 0. The number of ether oxygens (including phenoxy) is 3. The third kappa shape index (κ3) is 37.0. The van der Waals surface area contributed by atoms with Gasteiger partial charge in [-0.3, -0.25) is 14.4 Å². The van der Waals surface area contributed by atoms with Crippen LogP contribution in [0.15, 0.2) is 24.3 Å². The molecule has 0 aliphatic heterocycles. The lowest BCUT2D eigenvalue weighted by Crippen LogP contribution is -2.30. The standard InChI is InChI=1S/C43H78O6/c1-4-7-10-13-16-17-18-19-20-21-22-23-24-25-28-30-33-36-42(45)48-39-40(49-43(46)37-34-31-27-15-12-9-6-3)38-47-41(44)35-32-29-26-14-11-8-5-2/h16-17,19-20,40H,4-15,18,21-39H2,1-3H3/b17-16-,20-19-. The van der Waals surface area contributed by atoms with Gasteiger partial charge in [0.05, 0.1) is 0 Å². The van der Waals surface area contributed by atoms with Gasteiger partial charge in [0.1, 0.15) is 13.2 Å². The van der Waals surface area contributed by atoms with Crippen molar-refractivity contribution in [3.05, 3.63) is 24.3 Å². The van der Waals surface area contributed by atoms with E-state index in [4.69, 9.17) is 14.2 Å². The van der Waals surface area contributed by atoms with E-state index in [9.17, 15) is 14.4 Å². The van der Waals surface area contributed by atoms with E-state index >= 15 is 0 Å². The molecule has 0 aromatic rings. The maximum absolute atomic E-state index is 12.5. The van der Waals surface area contributed by atoms with Gasteiger partial charge >= 0.3 is 17.9 Å². The van der Waals surface area contributed by atoms with Gasteiger partial charge in [-0.2, -0.15) is 0 Å². The first kappa shape index (κ1) is 46.9. The fourth-order valence-electron chi connectivity index (χ4n) is 5.76. The highest BCUT2D eigenvalue weighted by molar-refractivity contribution is 5.71. The Labute approximate surface area is 303 Å². The molecule has 0 N–H and O–H groups in total. The van der Waals surface area contributed by atoms with Crippen LogP contribution >= 0.6 is 0 Å². The Morgan fingerprint density at radius 1 is 0.408 bits per heavy atom. The van der Waals surface area contributed by atoms with Crippen molar-refractivity contribution in [2.45, 2.75) is 219 Å². The van der Waals surface area contributed by atoms with Crippen LogP contribution in [-0.2, 0) is 28.6 Å². The molecule has 0 aliphatic carbocycles. The van der Waals surface area contributed by atoms with Crippen LogP contribution in [0.3, 0.4) is 0 Å². The number of rotatable bonds is 37. The van der Waals surface area contributed by atoms with Crippen molar-refractivity contribution in [3.63, 3.8) is 0 Å². The van der Waals surface area contributed by atoms with E-state index in [2.05, 4.69) is 45.1 Å². The molecule has 0 aromatic heterocycles. The van der Waals surface area contributed by atoms with E-state index in [0.29, 0.717) is 19.3 Å². The van der Waals surface area contributed by atoms with Crippen molar-refractivity contribution in [1.29, 1.82) is 0 Å². The quantitative estimate of drug-likeness (QED) is 0.0279. The summed E-state index contributed by atoms with van der Waals surface area (Å²) in [6.45, 7) is 6.51. The SMILES string of the molecule is CCCCC/C=C\C/C=C\CCCCCCCCCC(=O)OCC(COC(=O)CCCCCCCCC)OC(=O)CCCCCCCCC. The molecule has 286 valence electrons. The number of unbranched alkanes of at least 4 members (excludes halogenated alkanes) is 22. The van der Waals surface area contributed by atoms with E-state index in [0.717, 1.165) is 70.6 Å². The van der Waals surface area contributed by atoms with Gasteiger partial charge in [-0.1, -0.05) is 167 Å². The molecule has 6 heteroatoms. The van der Waals surface area contributed by atoms with Gasteiger partial charge in [-0.25, -0.2) is 0 Å². The van der Waals surface area contributed by atoms with E-state index in [-0.39, 0.29) is 31.1 Å². The van der Waals surface area contributed by atoms with Crippen LogP contribution in [0.5, 0.6) is 0 Å². The summed E-state index contributed by atoms with van der Waals surface area (Å²) in [6, 6.07) is 0. The molecule has 1 unspecified atom stereocenters. The summed E-state index contributed by atoms with van der Waals surface area (Å²) in [7, 11) is 0. The Morgan fingerprint density at radius 3 is 1.16 bits per heavy atom. The molecule has 0 saturated heterocycles. The van der Waals surface area contributed by atoms with Crippen LogP contribution in [0, 0.1) is 0 Å². The lowest BCUT2D eigenvalue weighted by molar-refractivity contribution is -0.167. The lowest BCUT2D eigenvalue weighted by Gasteiger charge is -2.18. The Hall–Kier alpha value is -2.11. The smallest absolute Gasteiger partial charge is 0.306 e. The van der Waals surface area contributed by atoms with E-state index < -0.39 is 6.10 Å². The second kappa shape index (κ2) is 38.7. The third-order valence-electron chi connectivity index (χ3n) is 8.96. The van der Waals surface area contributed by atoms with Crippen molar-refractivity contribution >= 4 is 17.9 Å². The molecule has 49 heavy (non-hydrogen) atoms. The summed E-state index contributed by atoms with van der Waals surface area (Å²) in [5, 5.41) is 0. The Kier molecular flexibility index (Phi) is 37.0. The van der Waals surface area contributed by atoms with Gasteiger partial charge < -0.3 is 14.2 Å². The molecule has 0 aromatic carbocycles. The van der Waals surface area contributed by atoms with Gasteiger partial charge in [-0.05, 0) is 51.4 Å². The number of carbonyl (C=O) groups is 3. The first-order valence-corrected chi connectivity index (χ1v) is 20.8. The monoisotopic (exact) mass is 691 g/mol. The normalized spacial score (nSPS) is 12.1. The summed E-state index contributed by atoms with van der Waals surface area (Å²) < 4.78 is 16.5. The lowest BCUT2D eigenvalue weighted by atomic mass is 10.1.